The summed E-state index contributed by atoms with van der Waals surface area (Å²) in [6, 6.07) is 4.18. The highest BCUT2D eigenvalue weighted by Gasteiger charge is 2.15. The third-order valence-corrected chi connectivity index (χ3v) is 3.87. The minimum atomic E-state index is 0.522. The molecular weight excluding hydrogens is 280 g/mol. The fraction of sp³-hybridized carbons (Fsp3) is 0.533. The minimum absolute atomic E-state index is 0.522. The fourth-order valence-corrected chi connectivity index (χ4v) is 2.69. The zero-order chi connectivity index (χ0) is 15.2. The van der Waals surface area contributed by atoms with Crippen LogP contribution in [0.15, 0.2) is 27.8 Å². The zero-order valence-electron chi connectivity index (χ0n) is 12.8. The molecule has 2 heterocycles. The van der Waals surface area contributed by atoms with Gasteiger partial charge in [0.25, 0.3) is 0 Å². The van der Waals surface area contributed by atoms with Crippen LogP contribution < -0.4 is 10.6 Å². The maximum Gasteiger partial charge on any atom is 0.216 e. The quantitative estimate of drug-likeness (QED) is 0.594. The minimum Gasteiger partial charge on any atom is -0.461 e. The first-order valence-corrected chi connectivity index (χ1v) is 7.77. The van der Waals surface area contributed by atoms with Crippen LogP contribution in [-0.2, 0) is 6.54 Å². The molecule has 118 valence electrons. The largest absolute Gasteiger partial charge is 0.461 e. The van der Waals surface area contributed by atoms with E-state index >= 15 is 0 Å². The Hall–Kier alpha value is -2.31. The van der Waals surface area contributed by atoms with Crippen LogP contribution in [0.3, 0.4) is 0 Å². The molecule has 1 aliphatic rings. The fourth-order valence-electron chi connectivity index (χ4n) is 2.69. The molecule has 7 heteroatoms. The van der Waals surface area contributed by atoms with E-state index in [0.717, 1.165) is 11.8 Å². The predicted octanol–water partition coefficient (Wildman–Crippen LogP) is 2.06. The lowest BCUT2D eigenvalue weighted by molar-refractivity contribution is 0.410. The smallest absolute Gasteiger partial charge is 0.216 e. The van der Waals surface area contributed by atoms with Crippen molar-refractivity contribution in [1.29, 1.82) is 0 Å². The highest BCUT2D eigenvalue weighted by atomic mass is 16.3. The zero-order valence-corrected chi connectivity index (χ0v) is 12.8. The van der Waals surface area contributed by atoms with E-state index in [1.54, 1.807) is 13.3 Å². The van der Waals surface area contributed by atoms with Crippen LogP contribution in [0.1, 0.15) is 37.9 Å². The molecule has 0 aliphatic heterocycles. The Kier molecular flexibility index (Phi) is 4.72. The van der Waals surface area contributed by atoms with E-state index in [0.29, 0.717) is 24.2 Å². The molecule has 2 aromatic rings. The van der Waals surface area contributed by atoms with Gasteiger partial charge in [0.2, 0.25) is 5.82 Å². The molecule has 1 fully saturated rings. The molecule has 0 spiro atoms. The average Bonchev–Trinajstić information content (AvgIpc) is 3.23. The molecule has 7 nitrogen and oxygen atoms in total. The second-order valence-corrected chi connectivity index (χ2v) is 5.49. The number of hydrogen-bond donors (Lipinski definition) is 3. The van der Waals surface area contributed by atoms with E-state index in [2.05, 4.69) is 30.8 Å². The summed E-state index contributed by atoms with van der Waals surface area (Å²) in [5, 5.41) is 13.8. The number of H-pyrrole nitrogens is 1. The normalized spacial score (nSPS) is 16.7. The summed E-state index contributed by atoms with van der Waals surface area (Å²) >= 11 is 0. The Morgan fingerprint density at radius 2 is 2.27 bits per heavy atom. The Bertz CT molecular complexity index is 597. The molecule has 3 rings (SSSR count). The molecule has 0 saturated heterocycles. The van der Waals surface area contributed by atoms with Crippen molar-refractivity contribution in [3.05, 3.63) is 24.2 Å². The number of hydrogen-bond acceptors (Lipinski definition) is 4. The number of aromatic amines is 1. The van der Waals surface area contributed by atoms with Gasteiger partial charge in [-0.15, -0.1) is 5.10 Å². The summed E-state index contributed by atoms with van der Waals surface area (Å²) in [6.07, 6.45) is 7.97. The van der Waals surface area contributed by atoms with Crippen molar-refractivity contribution >= 4 is 5.96 Å². The molecular formula is C15H22N6O. The average molecular weight is 302 g/mol. The number of aliphatic imine (C=N–C) groups is 1. The number of nitrogens with zero attached hydrogens (tertiary/aromatic N) is 3. The third-order valence-electron chi connectivity index (χ3n) is 3.87. The predicted molar refractivity (Wildman–Crippen MR) is 84.3 cm³/mol. The maximum atomic E-state index is 5.28. The van der Waals surface area contributed by atoms with Crippen molar-refractivity contribution in [2.24, 2.45) is 4.99 Å². The van der Waals surface area contributed by atoms with E-state index in [1.165, 1.54) is 32.1 Å². The number of nitrogens with one attached hydrogen (secondary N) is 3. The lowest BCUT2D eigenvalue weighted by Gasteiger charge is -2.24. The lowest BCUT2D eigenvalue weighted by atomic mass is 9.96. The van der Waals surface area contributed by atoms with Crippen molar-refractivity contribution < 1.29 is 4.42 Å². The first kappa shape index (κ1) is 14.6. The Labute approximate surface area is 129 Å². The van der Waals surface area contributed by atoms with Crippen LogP contribution in [0.5, 0.6) is 0 Å². The molecule has 1 aliphatic carbocycles. The first-order valence-electron chi connectivity index (χ1n) is 7.77. The monoisotopic (exact) mass is 302 g/mol. The molecule has 0 atom stereocenters. The summed E-state index contributed by atoms with van der Waals surface area (Å²) in [7, 11) is 1.78. The molecule has 2 aromatic heterocycles. The molecule has 0 amide bonds. The molecule has 0 unspecified atom stereocenters. The SMILES string of the molecule is CN=C(NCc1nc(-c2ccco2)n[nH]1)NC1CCCCC1. The molecule has 0 bridgehead atoms. The first-order chi connectivity index (χ1) is 10.8. The van der Waals surface area contributed by atoms with E-state index in [4.69, 9.17) is 4.42 Å². The van der Waals surface area contributed by atoms with Crippen LogP contribution in [0.25, 0.3) is 11.6 Å². The standard InChI is InChI=1S/C15H22N6O/c1-16-15(18-11-6-3-2-4-7-11)17-10-13-19-14(21-20-13)12-8-5-9-22-12/h5,8-9,11H,2-4,6-7,10H2,1H3,(H2,16,17,18)(H,19,20,21). The van der Waals surface area contributed by atoms with Gasteiger partial charge in [0.05, 0.1) is 12.8 Å². The van der Waals surface area contributed by atoms with Crippen molar-refractivity contribution in [3.63, 3.8) is 0 Å². The van der Waals surface area contributed by atoms with Gasteiger partial charge >= 0.3 is 0 Å². The number of guanidine groups is 1. The van der Waals surface area contributed by atoms with E-state index in [1.807, 2.05) is 12.1 Å². The highest BCUT2D eigenvalue weighted by Crippen LogP contribution is 2.17. The van der Waals surface area contributed by atoms with Gasteiger partial charge in [0.15, 0.2) is 11.7 Å². The molecule has 22 heavy (non-hydrogen) atoms. The van der Waals surface area contributed by atoms with E-state index < -0.39 is 0 Å². The van der Waals surface area contributed by atoms with Gasteiger partial charge in [-0.3, -0.25) is 10.1 Å². The highest BCUT2D eigenvalue weighted by molar-refractivity contribution is 5.79. The number of rotatable bonds is 4. The van der Waals surface area contributed by atoms with Crippen LogP contribution in [0.2, 0.25) is 0 Å². The van der Waals surface area contributed by atoms with Gasteiger partial charge in [-0.1, -0.05) is 19.3 Å². The van der Waals surface area contributed by atoms with Crippen LogP contribution >= 0.6 is 0 Å². The molecule has 0 radical (unpaired) electrons. The van der Waals surface area contributed by atoms with E-state index in [9.17, 15) is 0 Å². The van der Waals surface area contributed by atoms with Gasteiger partial charge in [-0.2, -0.15) is 0 Å². The maximum absolute atomic E-state index is 5.28. The Morgan fingerprint density at radius 3 is 3.00 bits per heavy atom. The Balaban J connectivity index is 1.52. The molecule has 1 saturated carbocycles. The van der Waals surface area contributed by atoms with E-state index in [-0.39, 0.29) is 0 Å². The second-order valence-electron chi connectivity index (χ2n) is 5.49. The van der Waals surface area contributed by atoms with Crippen molar-refractivity contribution in [3.8, 4) is 11.6 Å². The number of aromatic nitrogens is 3. The second kappa shape index (κ2) is 7.11. The van der Waals surface area contributed by atoms with Gasteiger partial charge in [0, 0.05) is 13.1 Å². The Morgan fingerprint density at radius 1 is 1.41 bits per heavy atom. The summed E-state index contributed by atoms with van der Waals surface area (Å²) in [5.41, 5.74) is 0. The topological polar surface area (TPSA) is 91.1 Å². The van der Waals surface area contributed by atoms with Gasteiger partial charge in [0.1, 0.15) is 5.82 Å². The van der Waals surface area contributed by atoms with Gasteiger partial charge < -0.3 is 15.1 Å². The molecule has 0 aromatic carbocycles. The lowest BCUT2D eigenvalue weighted by Crippen LogP contribution is -2.43. The van der Waals surface area contributed by atoms with Crippen LogP contribution in [0, 0.1) is 0 Å². The van der Waals surface area contributed by atoms with Gasteiger partial charge in [-0.05, 0) is 25.0 Å². The summed E-state index contributed by atoms with van der Waals surface area (Å²) in [6.45, 7) is 0.542. The van der Waals surface area contributed by atoms with Crippen molar-refractivity contribution in [1.82, 2.24) is 25.8 Å². The summed E-state index contributed by atoms with van der Waals surface area (Å²) < 4.78 is 5.28. The number of furan rings is 1. The van der Waals surface area contributed by atoms with Gasteiger partial charge in [-0.25, -0.2) is 4.98 Å². The summed E-state index contributed by atoms with van der Waals surface area (Å²) in [4.78, 5) is 8.67. The third kappa shape index (κ3) is 3.66. The van der Waals surface area contributed by atoms with Crippen LogP contribution in [0.4, 0.5) is 0 Å². The summed E-state index contributed by atoms with van der Waals surface area (Å²) in [5.74, 6) is 2.78. The van der Waals surface area contributed by atoms with Crippen LogP contribution in [-0.4, -0.2) is 34.2 Å². The van der Waals surface area contributed by atoms with Crippen molar-refractivity contribution in [2.45, 2.75) is 44.7 Å². The molecule has 3 N–H and O–H groups in total. The van der Waals surface area contributed by atoms with Crippen molar-refractivity contribution in [2.75, 3.05) is 7.05 Å².